The maximum atomic E-state index is 5.10. The van der Waals surface area contributed by atoms with Crippen LogP contribution in [-0.4, -0.2) is 63.3 Å². The molecule has 17 heavy (non-hydrogen) atoms. The van der Waals surface area contributed by atoms with Crippen LogP contribution in [0, 0.1) is 0 Å². The summed E-state index contributed by atoms with van der Waals surface area (Å²) < 4.78 is 5.10. The number of likely N-dealkylation sites (tertiary alicyclic amines) is 1. The molecule has 2 saturated heterocycles. The van der Waals surface area contributed by atoms with Gasteiger partial charge in [0.05, 0.1) is 13.2 Å². The van der Waals surface area contributed by atoms with Gasteiger partial charge in [0.25, 0.3) is 0 Å². The van der Waals surface area contributed by atoms with Crippen molar-refractivity contribution < 1.29 is 4.74 Å². The van der Waals surface area contributed by atoms with Gasteiger partial charge in [0.2, 0.25) is 0 Å². The molecule has 2 rings (SSSR count). The van der Waals surface area contributed by atoms with Crippen LogP contribution in [0.3, 0.4) is 0 Å². The minimum atomic E-state index is 0. The van der Waals surface area contributed by atoms with Crippen molar-refractivity contribution in [3.8, 4) is 0 Å². The summed E-state index contributed by atoms with van der Waals surface area (Å²) in [7, 11) is 4.31. The molecule has 0 aromatic rings. The zero-order chi connectivity index (χ0) is 10.2. The van der Waals surface area contributed by atoms with Crippen molar-refractivity contribution in [3.05, 3.63) is 0 Å². The molecule has 3 heteroatoms. The van der Waals surface area contributed by atoms with Gasteiger partial charge < -0.3 is 14.5 Å². The molecule has 0 unspecified atom stereocenters. The molecule has 0 aromatic heterocycles. The van der Waals surface area contributed by atoms with Crippen LogP contribution in [0.15, 0.2) is 0 Å². The number of rotatable bonds is 0. The van der Waals surface area contributed by atoms with Gasteiger partial charge in [-0.3, -0.25) is 0 Å². The molecule has 0 bridgehead atoms. The van der Waals surface area contributed by atoms with Crippen LogP contribution in [-0.2, 0) is 4.74 Å². The summed E-state index contributed by atoms with van der Waals surface area (Å²) in [5.41, 5.74) is 0. The number of hydrogen-bond acceptors (Lipinski definition) is 3. The van der Waals surface area contributed by atoms with Crippen molar-refractivity contribution in [2.75, 3.05) is 53.5 Å². The Labute approximate surface area is 110 Å². The summed E-state index contributed by atoms with van der Waals surface area (Å²) in [4.78, 5) is 4.66. The SMILES string of the molecule is C.C.C.CN1CCCCC1.CN1CCOCC1. The van der Waals surface area contributed by atoms with Gasteiger partial charge in [-0.1, -0.05) is 28.7 Å². The molecule has 2 aliphatic heterocycles. The van der Waals surface area contributed by atoms with E-state index >= 15 is 0 Å². The van der Waals surface area contributed by atoms with E-state index in [1.54, 1.807) is 0 Å². The van der Waals surface area contributed by atoms with Crippen LogP contribution >= 0.6 is 0 Å². The Morgan fingerprint density at radius 1 is 0.647 bits per heavy atom. The number of hydrogen-bond donors (Lipinski definition) is 0. The highest BCUT2D eigenvalue weighted by Crippen LogP contribution is 2.04. The van der Waals surface area contributed by atoms with E-state index in [2.05, 4.69) is 23.9 Å². The van der Waals surface area contributed by atoms with E-state index in [0.717, 1.165) is 26.3 Å². The third kappa shape index (κ3) is 12.1. The molecule has 0 saturated carbocycles. The summed E-state index contributed by atoms with van der Waals surface area (Å²) >= 11 is 0. The lowest BCUT2D eigenvalue weighted by Gasteiger charge is -2.21. The van der Waals surface area contributed by atoms with Gasteiger partial charge in [-0.05, 0) is 40.0 Å². The van der Waals surface area contributed by atoms with Gasteiger partial charge in [0, 0.05) is 13.1 Å². The van der Waals surface area contributed by atoms with E-state index < -0.39 is 0 Å². The lowest BCUT2D eigenvalue weighted by atomic mass is 10.1. The van der Waals surface area contributed by atoms with E-state index in [4.69, 9.17) is 4.74 Å². The maximum absolute atomic E-state index is 5.10. The minimum absolute atomic E-state index is 0. The first kappa shape index (κ1) is 22.1. The van der Waals surface area contributed by atoms with Crippen LogP contribution in [0.2, 0.25) is 0 Å². The average molecular weight is 248 g/mol. The van der Waals surface area contributed by atoms with Gasteiger partial charge in [-0.15, -0.1) is 0 Å². The highest BCUT2D eigenvalue weighted by atomic mass is 16.5. The van der Waals surface area contributed by atoms with E-state index in [0.29, 0.717) is 0 Å². The molecule has 0 aromatic carbocycles. The molecular formula is C14H36N2O. The van der Waals surface area contributed by atoms with Crippen molar-refractivity contribution in [1.82, 2.24) is 9.80 Å². The monoisotopic (exact) mass is 248 g/mol. The molecule has 2 aliphatic rings. The van der Waals surface area contributed by atoms with Crippen LogP contribution in [0.25, 0.3) is 0 Å². The Hall–Kier alpha value is -0.120. The second kappa shape index (κ2) is 13.9. The van der Waals surface area contributed by atoms with Crippen molar-refractivity contribution in [2.45, 2.75) is 41.5 Å². The maximum Gasteiger partial charge on any atom is 0.0594 e. The molecule has 3 nitrogen and oxygen atoms in total. The smallest absolute Gasteiger partial charge is 0.0594 e. The number of morpholine rings is 1. The molecule has 0 aliphatic carbocycles. The highest BCUT2D eigenvalue weighted by Gasteiger charge is 2.02. The lowest BCUT2D eigenvalue weighted by Crippen LogP contribution is -2.32. The van der Waals surface area contributed by atoms with E-state index in [1.807, 2.05) is 0 Å². The normalized spacial score (nSPS) is 20.8. The fraction of sp³-hybridized carbons (Fsp3) is 1.00. The summed E-state index contributed by atoms with van der Waals surface area (Å²) in [6, 6.07) is 0. The third-order valence-electron chi connectivity index (χ3n) is 2.81. The molecule has 2 fully saturated rings. The van der Waals surface area contributed by atoms with Gasteiger partial charge in [0.15, 0.2) is 0 Å². The Morgan fingerprint density at radius 2 is 1.06 bits per heavy atom. The van der Waals surface area contributed by atoms with Gasteiger partial charge in [-0.2, -0.15) is 0 Å². The van der Waals surface area contributed by atoms with Gasteiger partial charge in [0.1, 0.15) is 0 Å². The zero-order valence-corrected chi connectivity index (χ0v) is 9.67. The molecule has 2 heterocycles. The first-order valence-corrected chi connectivity index (χ1v) is 5.74. The quantitative estimate of drug-likeness (QED) is 0.655. The number of ether oxygens (including phenoxy) is 1. The standard InChI is InChI=1S/C6H13N.C5H11NO.3CH4/c1-7-5-3-2-4-6-7;1-6-2-4-7-5-3-6;;;/h2-6H2,1H3;2-5H2,1H3;3*1H4. The van der Waals surface area contributed by atoms with Crippen molar-refractivity contribution in [1.29, 1.82) is 0 Å². The number of piperidine rings is 1. The van der Waals surface area contributed by atoms with Gasteiger partial charge >= 0.3 is 0 Å². The molecule has 0 radical (unpaired) electrons. The predicted molar refractivity (Wildman–Crippen MR) is 79.9 cm³/mol. The largest absolute Gasteiger partial charge is 0.379 e. The summed E-state index contributed by atoms with van der Waals surface area (Å²) in [5, 5.41) is 0. The third-order valence-corrected chi connectivity index (χ3v) is 2.81. The summed E-state index contributed by atoms with van der Waals surface area (Å²) in [5.74, 6) is 0. The van der Waals surface area contributed by atoms with Crippen LogP contribution in [0.1, 0.15) is 41.5 Å². The van der Waals surface area contributed by atoms with Crippen LogP contribution in [0.5, 0.6) is 0 Å². The fourth-order valence-corrected chi connectivity index (χ4v) is 1.71. The Morgan fingerprint density at radius 3 is 1.29 bits per heavy atom. The molecule has 0 atom stereocenters. The first-order valence-electron chi connectivity index (χ1n) is 5.74. The second-order valence-corrected chi connectivity index (χ2v) is 4.28. The van der Waals surface area contributed by atoms with Crippen LogP contribution < -0.4 is 0 Å². The Kier molecular flexibility index (Phi) is 18.1. The minimum Gasteiger partial charge on any atom is -0.379 e. The topological polar surface area (TPSA) is 15.7 Å². The Bertz CT molecular complexity index is 114. The predicted octanol–water partition coefficient (Wildman–Crippen LogP) is 2.96. The summed E-state index contributed by atoms with van der Waals surface area (Å²) in [6.45, 7) is 6.66. The highest BCUT2D eigenvalue weighted by molar-refractivity contribution is 4.58. The number of nitrogens with zero attached hydrogens (tertiary/aromatic N) is 2. The van der Waals surface area contributed by atoms with Crippen LogP contribution in [0.4, 0.5) is 0 Å². The molecule has 0 N–H and O–H groups in total. The zero-order valence-electron chi connectivity index (χ0n) is 9.67. The molecule has 0 spiro atoms. The van der Waals surface area contributed by atoms with Crippen molar-refractivity contribution in [3.63, 3.8) is 0 Å². The second-order valence-electron chi connectivity index (χ2n) is 4.28. The van der Waals surface area contributed by atoms with E-state index in [-0.39, 0.29) is 22.3 Å². The van der Waals surface area contributed by atoms with E-state index in [1.165, 1.54) is 32.4 Å². The Balaban J connectivity index is -0.000000196. The average Bonchev–Trinajstić information content (AvgIpc) is 2.21. The number of likely N-dealkylation sites (N-methyl/N-ethyl adjacent to an activating group) is 1. The van der Waals surface area contributed by atoms with E-state index in [9.17, 15) is 0 Å². The van der Waals surface area contributed by atoms with Crippen molar-refractivity contribution in [2.24, 2.45) is 0 Å². The molecular weight excluding hydrogens is 212 g/mol. The summed E-state index contributed by atoms with van der Waals surface area (Å²) in [6.07, 6.45) is 4.28. The molecule has 0 amide bonds. The fourth-order valence-electron chi connectivity index (χ4n) is 1.71. The van der Waals surface area contributed by atoms with Crippen molar-refractivity contribution >= 4 is 0 Å². The first-order chi connectivity index (χ1) is 6.79. The lowest BCUT2D eigenvalue weighted by molar-refractivity contribution is 0.0503. The molecule has 108 valence electrons. The van der Waals surface area contributed by atoms with Gasteiger partial charge in [-0.25, -0.2) is 0 Å².